The third-order valence-electron chi connectivity index (χ3n) is 5.49. The van der Waals surface area contributed by atoms with Gasteiger partial charge in [0.25, 0.3) is 0 Å². The van der Waals surface area contributed by atoms with Crippen molar-refractivity contribution in [3.63, 3.8) is 0 Å². The van der Waals surface area contributed by atoms with E-state index >= 15 is 0 Å². The molecule has 1 aromatic carbocycles. The Kier molecular flexibility index (Phi) is 4.54. The fraction of sp³-hybridized carbons (Fsp3) is 0.273. The van der Waals surface area contributed by atoms with Crippen LogP contribution in [0.4, 0.5) is 10.3 Å². The third kappa shape index (κ3) is 3.04. The molecule has 0 amide bonds. The summed E-state index contributed by atoms with van der Waals surface area (Å²) in [5.41, 5.74) is 5.97. The predicted octanol–water partition coefficient (Wildman–Crippen LogP) is 3.74. The lowest BCUT2D eigenvalue weighted by molar-refractivity contribution is 0.356. The summed E-state index contributed by atoms with van der Waals surface area (Å²) in [5, 5.41) is 11.6. The number of anilines is 1. The van der Waals surface area contributed by atoms with Gasteiger partial charge in [0.05, 0.1) is 6.61 Å². The summed E-state index contributed by atoms with van der Waals surface area (Å²) >= 11 is 0. The third-order valence-corrected chi connectivity index (χ3v) is 5.49. The summed E-state index contributed by atoms with van der Waals surface area (Å²) in [6, 6.07) is 7.19. The quantitative estimate of drug-likeness (QED) is 0.546. The van der Waals surface area contributed by atoms with Gasteiger partial charge in [-0.1, -0.05) is 13.0 Å². The second kappa shape index (κ2) is 7.37. The first-order valence-electron chi connectivity index (χ1n) is 9.98. The van der Waals surface area contributed by atoms with E-state index in [1.807, 2.05) is 19.1 Å². The fourth-order valence-corrected chi connectivity index (χ4v) is 3.91. The first-order valence-corrected chi connectivity index (χ1v) is 9.98. The van der Waals surface area contributed by atoms with Crippen LogP contribution in [0, 0.1) is 12.7 Å². The van der Waals surface area contributed by atoms with Crippen molar-refractivity contribution >= 4 is 11.6 Å². The highest BCUT2D eigenvalue weighted by Gasteiger charge is 2.20. The van der Waals surface area contributed by atoms with Gasteiger partial charge < -0.3 is 10.1 Å². The molecule has 1 aliphatic heterocycles. The lowest BCUT2D eigenvalue weighted by atomic mass is 10.0. The number of aromatic nitrogens is 5. The van der Waals surface area contributed by atoms with Gasteiger partial charge in [-0.15, -0.1) is 10.2 Å². The molecule has 0 atom stereocenters. The zero-order chi connectivity index (χ0) is 20.7. The number of ether oxygens (including phenoxy) is 1. The number of hydrogen-bond acceptors (Lipinski definition) is 6. The Morgan fingerprint density at radius 2 is 2.10 bits per heavy atom. The van der Waals surface area contributed by atoms with Gasteiger partial charge in [0.1, 0.15) is 17.9 Å². The van der Waals surface area contributed by atoms with Crippen molar-refractivity contribution in [2.24, 2.45) is 0 Å². The summed E-state index contributed by atoms with van der Waals surface area (Å²) in [5.74, 6) is 1.05. The maximum atomic E-state index is 14.4. The minimum absolute atomic E-state index is 0.249. The summed E-state index contributed by atoms with van der Waals surface area (Å²) in [7, 11) is 0. The van der Waals surface area contributed by atoms with Crippen LogP contribution in [0.25, 0.3) is 16.8 Å². The van der Waals surface area contributed by atoms with Gasteiger partial charge in [0.15, 0.2) is 5.65 Å². The molecular formula is C22H21FN6O. The molecule has 5 rings (SSSR count). The van der Waals surface area contributed by atoms with E-state index in [-0.39, 0.29) is 5.82 Å². The monoisotopic (exact) mass is 404 g/mol. The molecule has 1 aliphatic rings. The normalized spacial score (nSPS) is 12.8. The number of halogens is 1. The summed E-state index contributed by atoms with van der Waals surface area (Å²) in [6.07, 6.45) is 4.95. The van der Waals surface area contributed by atoms with Crippen molar-refractivity contribution < 1.29 is 9.13 Å². The van der Waals surface area contributed by atoms with Gasteiger partial charge >= 0.3 is 0 Å². The molecule has 0 saturated heterocycles. The van der Waals surface area contributed by atoms with Crippen LogP contribution in [0.5, 0.6) is 5.75 Å². The molecule has 4 heterocycles. The number of nitrogens with zero attached hydrogens (tertiary/aromatic N) is 5. The average Bonchev–Trinajstić information content (AvgIpc) is 3.43. The number of aryl methyl sites for hydroxylation is 2. The zero-order valence-corrected chi connectivity index (χ0v) is 16.8. The van der Waals surface area contributed by atoms with Crippen LogP contribution in [0.1, 0.15) is 29.4 Å². The number of pyridine rings is 1. The van der Waals surface area contributed by atoms with E-state index in [2.05, 4.69) is 32.4 Å². The van der Waals surface area contributed by atoms with Crippen LogP contribution < -0.4 is 10.1 Å². The summed E-state index contributed by atoms with van der Waals surface area (Å²) in [4.78, 5) is 9.21. The molecule has 30 heavy (non-hydrogen) atoms. The molecule has 152 valence electrons. The maximum absolute atomic E-state index is 14.4. The highest BCUT2D eigenvalue weighted by molar-refractivity contribution is 5.79. The fourth-order valence-electron chi connectivity index (χ4n) is 3.91. The van der Waals surface area contributed by atoms with E-state index in [0.717, 1.165) is 40.2 Å². The van der Waals surface area contributed by atoms with E-state index in [9.17, 15) is 4.39 Å². The lowest BCUT2D eigenvalue weighted by Crippen LogP contribution is -2.10. The summed E-state index contributed by atoms with van der Waals surface area (Å²) in [6.45, 7) is 4.94. The molecule has 0 saturated carbocycles. The van der Waals surface area contributed by atoms with Crippen molar-refractivity contribution in [3.05, 3.63) is 65.1 Å². The Hall–Kier alpha value is -3.55. The van der Waals surface area contributed by atoms with Crippen molar-refractivity contribution in [2.75, 3.05) is 11.9 Å². The van der Waals surface area contributed by atoms with Crippen molar-refractivity contribution in [1.29, 1.82) is 0 Å². The largest absolute Gasteiger partial charge is 0.493 e. The van der Waals surface area contributed by atoms with Gasteiger partial charge in [-0.2, -0.15) is 0 Å². The Morgan fingerprint density at radius 3 is 2.93 bits per heavy atom. The van der Waals surface area contributed by atoms with Crippen molar-refractivity contribution in [3.8, 4) is 16.9 Å². The zero-order valence-electron chi connectivity index (χ0n) is 16.8. The molecule has 1 N–H and O–H groups in total. The second-order valence-electron chi connectivity index (χ2n) is 7.26. The Balaban J connectivity index is 1.49. The molecule has 4 aromatic rings. The Bertz CT molecular complexity index is 1250. The Labute approximate surface area is 173 Å². The van der Waals surface area contributed by atoms with Crippen LogP contribution in [0.15, 0.2) is 36.8 Å². The molecule has 0 aliphatic carbocycles. The first kappa shape index (κ1) is 18.5. The smallest absolute Gasteiger partial charge is 0.210 e. The van der Waals surface area contributed by atoms with E-state index < -0.39 is 0 Å². The predicted molar refractivity (Wildman–Crippen MR) is 111 cm³/mol. The molecule has 0 radical (unpaired) electrons. The minimum Gasteiger partial charge on any atom is -0.493 e. The van der Waals surface area contributed by atoms with Gasteiger partial charge in [-0.05, 0) is 31.5 Å². The maximum Gasteiger partial charge on any atom is 0.210 e. The number of nitrogens with one attached hydrogen (secondary N) is 1. The molecule has 8 heteroatoms. The molecule has 0 bridgehead atoms. The number of benzene rings is 1. The molecular weight excluding hydrogens is 383 g/mol. The topological polar surface area (TPSA) is 77.2 Å². The molecule has 0 spiro atoms. The minimum atomic E-state index is -0.249. The van der Waals surface area contributed by atoms with E-state index in [1.54, 1.807) is 23.0 Å². The lowest BCUT2D eigenvalue weighted by Gasteiger charge is -2.13. The average molecular weight is 404 g/mol. The van der Waals surface area contributed by atoms with E-state index in [4.69, 9.17) is 4.74 Å². The van der Waals surface area contributed by atoms with Crippen molar-refractivity contribution in [1.82, 2.24) is 24.6 Å². The number of hydrogen-bond donors (Lipinski definition) is 1. The van der Waals surface area contributed by atoms with Crippen LogP contribution in [-0.4, -0.2) is 31.2 Å². The SMILES string of the molecule is CCc1ccc(-c2cnc(NCc3c(F)ccc4c3CCO4)n3cnnc23)c(C)n1. The van der Waals surface area contributed by atoms with E-state index in [0.29, 0.717) is 36.7 Å². The molecule has 0 unspecified atom stereocenters. The Morgan fingerprint density at radius 1 is 1.20 bits per heavy atom. The van der Waals surface area contributed by atoms with Crippen molar-refractivity contribution in [2.45, 2.75) is 33.2 Å². The molecule has 3 aromatic heterocycles. The van der Waals surface area contributed by atoms with Gasteiger partial charge in [-0.3, -0.25) is 9.38 Å². The van der Waals surface area contributed by atoms with Crippen LogP contribution in [0.3, 0.4) is 0 Å². The highest BCUT2D eigenvalue weighted by Crippen LogP contribution is 2.31. The van der Waals surface area contributed by atoms with Crippen LogP contribution in [0.2, 0.25) is 0 Å². The molecule has 7 nitrogen and oxygen atoms in total. The van der Waals surface area contributed by atoms with Gasteiger partial charge in [0, 0.05) is 52.8 Å². The second-order valence-corrected chi connectivity index (χ2v) is 7.26. The number of fused-ring (bicyclic) bond motifs is 2. The number of rotatable bonds is 5. The van der Waals surface area contributed by atoms with Gasteiger partial charge in [-0.25, -0.2) is 9.37 Å². The summed E-state index contributed by atoms with van der Waals surface area (Å²) < 4.78 is 21.8. The van der Waals surface area contributed by atoms with Crippen LogP contribution >= 0.6 is 0 Å². The van der Waals surface area contributed by atoms with Gasteiger partial charge in [0.2, 0.25) is 5.95 Å². The molecule has 0 fully saturated rings. The van der Waals surface area contributed by atoms with E-state index in [1.165, 1.54) is 6.07 Å². The first-order chi connectivity index (χ1) is 14.7. The highest BCUT2D eigenvalue weighted by atomic mass is 19.1. The standard InChI is InChI=1S/C22H21FN6O/c1-3-14-4-5-15(13(2)27-14)18-11-25-22(29-12-26-28-21(18)29)24-10-17-16-8-9-30-20(16)7-6-19(17)23/h4-7,11-12H,3,8-10H2,1-2H3,(H,24,25). The van der Waals surface area contributed by atoms with Crippen LogP contribution in [-0.2, 0) is 19.4 Å².